The minimum atomic E-state index is -3.98. The van der Waals surface area contributed by atoms with Crippen LogP contribution in [0.4, 0.5) is 0 Å². The molecule has 0 aliphatic heterocycles. The summed E-state index contributed by atoms with van der Waals surface area (Å²) in [6, 6.07) is 14.3. The highest BCUT2D eigenvalue weighted by Gasteiger charge is 2.17. The van der Waals surface area contributed by atoms with Gasteiger partial charge in [-0.05, 0) is 49.4 Å². The van der Waals surface area contributed by atoms with Gasteiger partial charge < -0.3 is 4.18 Å². The molecular formula is C17H12N2O3S2. The standard InChI is InChI=1S/C17H12N2O3S2/c1-12-11-23-17(19-12)14-5-7-15(8-6-14)22-24(20,21)16-4-2-3-13(9-16)10-18/h2-9,11H,1H3. The van der Waals surface area contributed by atoms with E-state index < -0.39 is 10.1 Å². The molecule has 0 bridgehead atoms. The molecule has 0 aliphatic carbocycles. The smallest absolute Gasteiger partial charge is 0.339 e. The monoisotopic (exact) mass is 356 g/mol. The molecule has 3 aromatic rings. The number of hydrogen-bond donors (Lipinski definition) is 0. The largest absolute Gasteiger partial charge is 0.379 e. The third kappa shape index (κ3) is 3.45. The van der Waals surface area contributed by atoms with Crippen LogP contribution in [-0.4, -0.2) is 13.4 Å². The van der Waals surface area contributed by atoms with Crippen LogP contribution in [0.15, 0.2) is 58.8 Å². The van der Waals surface area contributed by atoms with Crippen LogP contribution in [0.3, 0.4) is 0 Å². The third-order valence-corrected chi connectivity index (χ3v) is 5.43. The van der Waals surface area contributed by atoms with Crippen molar-refractivity contribution < 1.29 is 12.6 Å². The molecule has 1 heterocycles. The molecule has 0 amide bonds. The normalized spacial score (nSPS) is 11.0. The van der Waals surface area contributed by atoms with Crippen molar-refractivity contribution in [2.45, 2.75) is 11.8 Å². The van der Waals surface area contributed by atoms with Crippen molar-refractivity contribution >= 4 is 21.5 Å². The Hall–Kier alpha value is -2.69. The van der Waals surface area contributed by atoms with Crippen molar-refractivity contribution in [2.24, 2.45) is 0 Å². The molecule has 24 heavy (non-hydrogen) atoms. The number of benzene rings is 2. The molecule has 0 spiro atoms. The van der Waals surface area contributed by atoms with Gasteiger partial charge in [-0.1, -0.05) is 6.07 Å². The van der Waals surface area contributed by atoms with E-state index in [4.69, 9.17) is 9.44 Å². The van der Waals surface area contributed by atoms with Crippen molar-refractivity contribution in [3.05, 3.63) is 65.2 Å². The zero-order chi connectivity index (χ0) is 17.2. The summed E-state index contributed by atoms with van der Waals surface area (Å²) >= 11 is 1.52. The van der Waals surface area contributed by atoms with Crippen molar-refractivity contribution in [2.75, 3.05) is 0 Å². The predicted molar refractivity (Wildman–Crippen MR) is 91.3 cm³/mol. The molecule has 3 rings (SSSR count). The maximum atomic E-state index is 12.3. The van der Waals surface area contributed by atoms with Gasteiger partial charge in [0.15, 0.2) is 0 Å². The van der Waals surface area contributed by atoms with Crippen molar-refractivity contribution in [3.63, 3.8) is 0 Å². The zero-order valence-corrected chi connectivity index (χ0v) is 14.3. The Bertz CT molecular complexity index is 1020. The van der Waals surface area contributed by atoms with Gasteiger partial charge in [0.25, 0.3) is 0 Å². The molecule has 1 aromatic heterocycles. The SMILES string of the molecule is Cc1csc(-c2ccc(OS(=O)(=O)c3cccc(C#N)c3)cc2)n1. The molecule has 2 aromatic carbocycles. The van der Waals surface area contributed by atoms with Crippen LogP contribution in [0.1, 0.15) is 11.3 Å². The Morgan fingerprint density at radius 1 is 1.17 bits per heavy atom. The first-order chi connectivity index (χ1) is 11.5. The molecule has 120 valence electrons. The molecule has 0 unspecified atom stereocenters. The van der Waals surface area contributed by atoms with E-state index >= 15 is 0 Å². The second-order valence-electron chi connectivity index (χ2n) is 5.00. The van der Waals surface area contributed by atoms with E-state index in [1.165, 1.54) is 35.6 Å². The fraction of sp³-hybridized carbons (Fsp3) is 0.0588. The number of hydrogen-bond acceptors (Lipinski definition) is 6. The van der Waals surface area contributed by atoms with Crippen molar-refractivity contribution in [3.8, 4) is 22.4 Å². The van der Waals surface area contributed by atoms with Gasteiger partial charge in [0.1, 0.15) is 15.7 Å². The molecule has 0 fully saturated rings. The minimum Gasteiger partial charge on any atom is -0.379 e. The Morgan fingerprint density at radius 3 is 2.54 bits per heavy atom. The molecule has 0 radical (unpaired) electrons. The highest BCUT2D eigenvalue weighted by molar-refractivity contribution is 7.87. The Morgan fingerprint density at radius 2 is 1.92 bits per heavy atom. The van der Waals surface area contributed by atoms with Gasteiger partial charge in [0.05, 0.1) is 11.6 Å². The van der Waals surface area contributed by atoms with Gasteiger partial charge >= 0.3 is 10.1 Å². The summed E-state index contributed by atoms with van der Waals surface area (Å²) in [4.78, 5) is 4.33. The number of aryl methyl sites for hydroxylation is 1. The molecule has 0 N–H and O–H groups in total. The topological polar surface area (TPSA) is 80.0 Å². The van der Waals surface area contributed by atoms with Gasteiger partial charge in [-0.2, -0.15) is 13.7 Å². The van der Waals surface area contributed by atoms with Gasteiger partial charge in [-0.25, -0.2) is 4.98 Å². The van der Waals surface area contributed by atoms with Crippen molar-refractivity contribution in [1.82, 2.24) is 4.98 Å². The molecular weight excluding hydrogens is 344 g/mol. The van der Waals surface area contributed by atoms with Crippen LogP contribution < -0.4 is 4.18 Å². The predicted octanol–water partition coefficient (Wildman–Crippen LogP) is 3.76. The van der Waals surface area contributed by atoms with E-state index in [1.54, 1.807) is 24.3 Å². The summed E-state index contributed by atoms with van der Waals surface area (Å²) < 4.78 is 29.7. The van der Waals surface area contributed by atoms with Gasteiger partial charge in [0.2, 0.25) is 0 Å². The number of nitriles is 1. The summed E-state index contributed by atoms with van der Waals surface area (Å²) in [6.07, 6.45) is 0. The highest BCUT2D eigenvalue weighted by atomic mass is 32.2. The van der Waals surface area contributed by atoms with E-state index in [-0.39, 0.29) is 16.2 Å². The lowest BCUT2D eigenvalue weighted by molar-refractivity contribution is 0.486. The van der Waals surface area contributed by atoms with Crippen LogP contribution in [0.2, 0.25) is 0 Å². The molecule has 0 saturated carbocycles. The van der Waals surface area contributed by atoms with E-state index in [0.29, 0.717) is 0 Å². The second kappa shape index (κ2) is 6.43. The van der Waals surface area contributed by atoms with E-state index in [1.807, 2.05) is 18.4 Å². The van der Waals surface area contributed by atoms with Crippen LogP contribution in [0.25, 0.3) is 10.6 Å². The first kappa shape index (κ1) is 16.2. The number of rotatable bonds is 4. The summed E-state index contributed by atoms with van der Waals surface area (Å²) in [5, 5.41) is 11.7. The fourth-order valence-corrected chi connectivity index (χ4v) is 3.82. The van der Waals surface area contributed by atoms with Crippen molar-refractivity contribution in [1.29, 1.82) is 5.26 Å². The third-order valence-electron chi connectivity index (χ3n) is 3.18. The lowest BCUT2D eigenvalue weighted by Crippen LogP contribution is -2.09. The molecule has 0 atom stereocenters. The molecule has 5 nitrogen and oxygen atoms in total. The maximum absolute atomic E-state index is 12.3. The lowest BCUT2D eigenvalue weighted by Gasteiger charge is -2.07. The summed E-state index contributed by atoms with van der Waals surface area (Å²) in [6.45, 7) is 1.92. The van der Waals surface area contributed by atoms with Crippen LogP contribution >= 0.6 is 11.3 Å². The average Bonchev–Trinajstić information content (AvgIpc) is 3.02. The lowest BCUT2D eigenvalue weighted by atomic mass is 10.2. The Balaban J connectivity index is 1.84. The zero-order valence-electron chi connectivity index (χ0n) is 12.6. The Kier molecular flexibility index (Phi) is 4.34. The van der Waals surface area contributed by atoms with E-state index in [9.17, 15) is 8.42 Å². The summed E-state index contributed by atoms with van der Waals surface area (Å²) in [5.74, 6) is 0.203. The molecule has 0 aliphatic rings. The van der Waals surface area contributed by atoms with Gasteiger partial charge in [0, 0.05) is 16.6 Å². The van der Waals surface area contributed by atoms with Crippen LogP contribution in [-0.2, 0) is 10.1 Å². The second-order valence-corrected chi connectivity index (χ2v) is 7.40. The highest BCUT2D eigenvalue weighted by Crippen LogP contribution is 2.27. The van der Waals surface area contributed by atoms with Gasteiger partial charge in [-0.15, -0.1) is 11.3 Å². The fourth-order valence-electron chi connectivity index (χ4n) is 2.04. The number of thiazole rings is 1. The van der Waals surface area contributed by atoms with Crippen LogP contribution in [0, 0.1) is 18.3 Å². The number of nitrogens with zero attached hydrogens (tertiary/aromatic N) is 2. The summed E-state index contributed by atoms with van der Waals surface area (Å²) in [7, 11) is -3.98. The molecule has 0 saturated heterocycles. The number of aromatic nitrogens is 1. The van der Waals surface area contributed by atoms with Crippen LogP contribution in [0.5, 0.6) is 5.75 Å². The Labute approximate surface area is 143 Å². The summed E-state index contributed by atoms with van der Waals surface area (Å²) in [5.41, 5.74) is 2.09. The quantitative estimate of drug-likeness (QED) is 0.665. The first-order valence-corrected chi connectivity index (χ1v) is 9.24. The average molecular weight is 356 g/mol. The minimum absolute atomic E-state index is 0.0545. The maximum Gasteiger partial charge on any atom is 0.339 e. The van der Waals surface area contributed by atoms with E-state index in [0.717, 1.165) is 16.3 Å². The first-order valence-electron chi connectivity index (χ1n) is 6.95. The van der Waals surface area contributed by atoms with Gasteiger partial charge in [-0.3, -0.25) is 0 Å². The molecule has 7 heteroatoms. The van der Waals surface area contributed by atoms with E-state index in [2.05, 4.69) is 4.98 Å².